The monoisotopic (exact) mass is 461 g/mol. The molecule has 168 valence electrons. The van der Waals surface area contributed by atoms with Crippen molar-refractivity contribution < 1.29 is 18.5 Å². The first kappa shape index (κ1) is 22.7. The van der Waals surface area contributed by atoms with Crippen molar-refractivity contribution in [1.82, 2.24) is 0 Å². The summed E-state index contributed by atoms with van der Waals surface area (Å²) in [6.45, 7) is 7.95. The molecule has 33 heavy (non-hydrogen) atoms. The summed E-state index contributed by atoms with van der Waals surface area (Å²) in [6.07, 6.45) is 0. The fourth-order valence-corrected chi connectivity index (χ4v) is 5.46. The van der Waals surface area contributed by atoms with Gasteiger partial charge in [-0.1, -0.05) is 36.4 Å². The lowest BCUT2D eigenvalue weighted by Crippen LogP contribution is -2.10. The third kappa shape index (κ3) is 4.14. The van der Waals surface area contributed by atoms with Crippen LogP contribution in [0.2, 0.25) is 0 Å². The van der Waals surface area contributed by atoms with Crippen molar-refractivity contribution in [2.75, 3.05) is 4.72 Å². The molecular formula is C27H24FNO3S. The van der Waals surface area contributed by atoms with Crippen LogP contribution < -0.4 is 4.72 Å². The maximum atomic E-state index is 14.7. The Hall–Kier alpha value is -3.51. The highest BCUT2D eigenvalue weighted by Crippen LogP contribution is 2.36. The molecule has 0 aliphatic carbocycles. The second-order valence-corrected chi connectivity index (χ2v) is 9.32. The number of rotatable bonds is 5. The normalized spacial score (nSPS) is 12.0. The van der Waals surface area contributed by atoms with E-state index in [0.717, 1.165) is 37.9 Å². The van der Waals surface area contributed by atoms with Crippen LogP contribution in [0.5, 0.6) is 0 Å². The number of carbonyl (C=O) groups is 1. The van der Waals surface area contributed by atoms with Gasteiger partial charge in [-0.2, -0.15) is 0 Å². The number of benzene rings is 4. The van der Waals surface area contributed by atoms with E-state index in [1.165, 1.54) is 18.2 Å². The summed E-state index contributed by atoms with van der Waals surface area (Å²) in [7, 11) is -1.50. The third-order valence-corrected chi connectivity index (χ3v) is 7.50. The van der Waals surface area contributed by atoms with Crippen LogP contribution in [-0.4, -0.2) is 15.3 Å². The van der Waals surface area contributed by atoms with Crippen molar-refractivity contribution in [2.24, 2.45) is 0 Å². The largest absolute Gasteiger partial charge is 0.478 e. The first-order chi connectivity index (χ1) is 15.7. The van der Waals surface area contributed by atoms with Crippen molar-refractivity contribution in [2.45, 2.75) is 32.6 Å². The Kier molecular flexibility index (Phi) is 6.04. The Morgan fingerprint density at radius 1 is 0.848 bits per heavy atom. The fraction of sp³-hybridized carbons (Fsp3) is 0.148. The molecule has 0 heterocycles. The minimum Gasteiger partial charge on any atom is -0.478 e. The minimum atomic E-state index is -1.50. The van der Waals surface area contributed by atoms with E-state index in [2.05, 4.69) is 10.8 Å². The zero-order valence-electron chi connectivity index (χ0n) is 18.8. The lowest BCUT2D eigenvalue weighted by Gasteiger charge is -2.17. The van der Waals surface area contributed by atoms with Gasteiger partial charge in [0.05, 0.1) is 16.1 Å². The van der Waals surface area contributed by atoms with Crippen LogP contribution >= 0.6 is 0 Å². The van der Waals surface area contributed by atoms with E-state index in [0.29, 0.717) is 11.3 Å². The van der Waals surface area contributed by atoms with Crippen LogP contribution in [0, 0.1) is 33.5 Å². The molecule has 1 unspecified atom stereocenters. The number of hydrogen-bond acceptors (Lipinski definition) is 2. The van der Waals surface area contributed by atoms with Crippen molar-refractivity contribution in [1.29, 1.82) is 0 Å². The summed E-state index contributed by atoms with van der Waals surface area (Å²) in [5.41, 5.74) is 5.57. The summed E-state index contributed by atoms with van der Waals surface area (Å²) in [6, 6.07) is 16.8. The van der Waals surface area contributed by atoms with Gasteiger partial charge in [0.1, 0.15) is 5.82 Å². The van der Waals surface area contributed by atoms with Crippen molar-refractivity contribution >= 4 is 33.4 Å². The molecule has 0 spiro atoms. The molecule has 4 nitrogen and oxygen atoms in total. The molecule has 4 aromatic rings. The fourth-order valence-electron chi connectivity index (χ4n) is 4.10. The predicted octanol–water partition coefficient (Wildman–Crippen LogP) is 6.71. The maximum absolute atomic E-state index is 14.7. The van der Waals surface area contributed by atoms with Crippen LogP contribution in [0.4, 0.5) is 10.1 Å². The molecular weight excluding hydrogens is 437 g/mol. The molecule has 0 aliphatic heterocycles. The average Bonchev–Trinajstić information content (AvgIpc) is 2.78. The number of carboxylic acid groups (broad SMARTS) is 1. The molecule has 2 N–H and O–H groups in total. The molecule has 0 amide bonds. The van der Waals surface area contributed by atoms with E-state index in [1.54, 1.807) is 12.1 Å². The van der Waals surface area contributed by atoms with Gasteiger partial charge in [0.2, 0.25) is 0 Å². The van der Waals surface area contributed by atoms with Crippen LogP contribution in [-0.2, 0) is 11.0 Å². The summed E-state index contributed by atoms with van der Waals surface area (Å²) in [4.78, 5) is 12.2. The minimum absolute atomic E-state index is 0.0135. The van der Waals surface area contributed by atoms with E-state index in [-0.39, 0.29) is 11.1 Å². The van der Waals surface area contributed by atoms with E-state index in [1.807, 2.05) is 52.0 Å². The summed E-state index contributed by atoms with van der Waals surface area (Å²) < 4.78 is 31.2. The third-order valence-electron chi connectivity index (χ3n) is 6.11. The van der Waals surface area contributed by atoms with Gasteiger partial charge in [0, 0.05) is 10.9 Å². The number of fused-ring (bicyclic) bond motifs is 1. The van der Waals surface area contributed by atoms with Gasteiger partial charge in [0.25, 0.3) is 0 Å². The quantitative estimate of drug-likeness (QED) is 0.347. The molecule has 0 fully saturated rings. The Balaban J connectivity index is 1.83. The summed E-state index contributed by atoms with van der Waals surface area (Å²) in [5.74, 6) is -1.62. The van der Waals surface area contributed by atoms with Gasteiger partial charge in [-0.05, 0) is 85.2 Å². The molecule has 0 bridgehead atoms. The lowest BCUT2D eigenvalue weighted by molar-refractivity contribution is 0.0697. The molecule has 0 aromatic heterocycles. The van der Waals surface area contributed by atoms with E-state index < -0.39 is 22.8 Å². The van der Waals surface area contributed by atoms with Gasteiger partial charge >= 0.3 is 5.97 Å². The van der Waals surface area contributed by atoms with Gasteiger partial charge in [-0.15, -0.1) is 0 Å². The Morgan fingerprint density at radius 3 is 2.12 bits per heavy atom. The van der Waals surface area contributed by atoms with Crippen LogP contribution in [0.1, 0.15) is 32.6 Å². The standard InChI is InChI=1S/C27H24FNO3S/c1-15-13-16(2)18(4)26(17(15)3)33(32)29-25-12-10-21(20-7-5-6-8-22(20)25)23-14-19(27(30)31)9-11-24(23)28/h5-14,29H,1-4H3,(H,30,31). The smallest absolute Gasteiger partial charge is 0.335 e. The van der Waals surface area contributed by atoms with Gasteiger partial charge in [0.15, 0.2) is 11.0 Å². The molecule has 0 saturated carbocycles. The second kappa shape index (κ2) is 8.79. The van der Waals surface area contributed by atoms with Crippen molar-refractivity contribution in [3.05, 3.63) is 94.3 Å². The topological polar surface area (TPSA) is 66.4 Å². The predicted molar refractivity (Wildman–Crippen MR) is 132 cm³/mol. The van der Waals surface area contributed by atoms with Crippen LogP contribution in [0.15, 0.2) is 65.6 Å². The Morgan fingerprint density at radius 2 is 1.48 bits per heavy atom. The molecule has 0 saturated heterocycles. The van der Waals surface area contributed by atoms with Crippen LogP contribution in [0.25, 0.3) is 21.9 Å². The lowest BCUT2D eigenvalue weighted by atomic mass is 9.95. The van der Waals surface area contributed by atoms with Crippen LogP contribution in [0.3, 0.4) is 0 Å². The van der Waals surface area contributed by atoms with E-state index in [9.17, 15) is 18.5 Å². The molecule has 4 rings (SSSR count). The maximum Gasteiger partial charge on any atom is 0.335 e. The summed E-state index contributed by atoms with van der Waals surface area (Å²) in [5, 5.41) is 10.8. The zero-order valence-corrected chi connectivity index (χ0v) is 19.6. The first-order valence-electron chi connectivity index (χ1n) is 10.5. The number of halogens is 1. The second-order valence-electron chi connectivity index (χ2n) is 8.17. The highest BCUT2D eigenvalue weighted by Gasteiger charge is 2.18. The number of anilines is 1. The molecule has 1 atom stereocenters. The summed E-state index contributed by atoms with van der Waals surface area (Å²) >= 11 is 0. The van der Waals surface area contributed by atoms with Gasteiger partial charge in [-0.25, -0.2) is 13.4 Å². The number of aromatic carboxylic acids is 1. The highest BCUT2D eigenvalue weighted by molar-refractivity contribution is 7.86. The molecule has 6 heteroatoms. The number of aryl methyl sites for hydroxylation is 2. The number of hydrogen-bond donors (Lipinski definition) is 2. The Labute approximate surface area is 194 Å². The zero-order chi connectivity index (χ0) is 23.9. The average molecular weight is 462 g/mol. The number of nitrogens with one attached hydrogen (secondary N) is 1. The molecule has 0 aliphatic rings. The highest BCUT2D eigenvalue weighted by atomic mass is 32.2. The van der Waals surface area contributed by atoms with Crippen molar-refractivity contribution in [3.8, 4) is 11.1 Å². The SMILES string of the molecule is Cc1cc(C)c(C)c(S(=O)Nc2ccc(-c3cc(C(=O)O)ccc3F)c3ccccc23)c1C. The molecule has 0 radical (unpaired) electrons. The van der Waals surface area contributed by atoms with Gasteiger partial charge in [-0.3, -0.25) is 0 Å². The Bertz CT molecular complexity index is 1420. The van der Waals surface area contributed by atoms with Crippen molar-refractivity contribution in [3.63, 3.8) is 0 Å². The van der Waals surface area contributed by atoms with E-state index >= 15 is 0 Å². The molecule has 4 aromatic carbocycles. The van der Waals surface area contributed by atoms with E-state index in [4.69, 9.17) is 0 Å². The number of carboxylic acids is 1. The van der Waals surface area contributed by atoms with Gasteiger partial charge < -0.3 is 9.83 Å². The first-order valence-corrected chi connectivity index (χ1v) is 11.6.